The lowest BCUT2D eigenvalue weighted by molar-refractivity contribution is 0.142. The molecule has 1 fully saturated rings. The maximum atomic E-state index is 14.1. The number of hydrogen-bond acceptors (Lipinski definition) is 7. The molecule has 11 heteroatoms. The van der Waals surface area contributed by atoms with Crippen molar-refractivity contribution in [1.29, 1.82) is 0 Å². The monoisotopic (exact) mass is 410 g/mol. The molecular formula is C17H19FN4O5S. The first-order chi connectivity index (χ1) is 13.2. The Hall–Kier alpha value is -2.95. The molecule has 0 aliphatic carbocycles. The van der Waals surface area contributed by atoms with E-state index >= 15 is 0 Å². The molecule has 1 aliphatic rings. The van der Waals surface area contributed by atoms with Gasteiger partial charge in [0.25, 0.3) is 0 Å². The number of aromatic nitrogens is 2. The van der Waals surface area contributed by atoms with Gasteiger partial charge in [-0.2, -0.15) is 0 Å². The van der Waals surface area contributed by atoms with Gasteiger partial charge in [-0.05, 0) is 12.1 Å². The van der Waals surface area contributed by atoms with E-state index in [1.54, 1.807) is 0 Å². The van der Waals surface area contributed by atoms with Crippen LogP contribution in [-0.2, 0) is 16.4 Å². The summed E-state index contributed by atoms with van der Waals surface area (Å²) in [4.78, 5) is 22.4. The average molecular weight is 410 g/mol. The zero-order valence-electron chi connectivity index (χ0n) is 15.1. The lowest BCUT2D eigenvalue weighted by atomic mass is 10.2. The fraction of sp³-hybridized carbons (Fsp3) is 0.353. The molecule has 1 aromatic heterocycles. The highest BCUT2D eigenvalue weighted by molar-refractivity contribution is 7.90. The number of benzene rings is 1. The van der Waals surface area contributed by atoms with Crippen molar-refractivity contribution < 1.29 is 27.4 Å². The van der Waals surface area contributed by atoms with Gasteiger partial charge in [-0.3, -0.25) is 0 Å². The van der Waals surface area contributed by atoms with Gasteiger partial charge >= 0.3 is 6.09 Å². The van der Waals surface area contributed by atoms with E-state index in [0.717, 1.165) is 12.3 Å². The summed E-state index contributed by atoms with van der Waals surface area (Å²) >= 11 is 0. The molecule has 0 bridgehead atoms. The lowest BCUT2D eigenvalue weighted by Crippen LogP contribution is -2.48. The molecule has 0 saturated carbocycles. The molecule has 2 aromatic rings. The fourth-order valence-electron chi connectivity index (χ4n) is 2.68. The Morgan fingerprint density at radius 2 is 1.86 bits per heavy atom. The van der Waals surface area contributed by atoms with Crippen LogP contribution in [0.2, 0.25) is 0 Å². The van der Waals surface area contributed by atoms with Crippen molar-refractivity contribution in [3.63, 3.8) is 0 Å². The van der Waals surface area contributed by atoms with E-state index in [4.69, 9.17) is 9.84 Å². The van der Waals surface area contributed by atoms with E-state index in [2.05, 4.69) is 9.97 Å². The molecule has 28 heavy (non-hydrogen) atoms. The quantitative estimate of drug-likeness (QED) is 0.787. The van der Waals surface area contributed by atoms with Gasteiger partial charge in [-0.1, -0.05) is 6.07 Å². The van der Waals surface area contributed by atoms with Crippen LogP contribution in [0.4, 0.5) is 15.1 Å². The first-order valence-electron chi connectivity index (χ1n) is 8.40. The molecule has 1 N–H and O–H groups in total. The third-order valence-corrected chi connectivity index (χ3v) is 5.40. The molecule has 0 unspecified atom stereocenters. The first kappa shape index (κ1) is 19.8. The van der Waals surface area contributed by atoms with Gasteiger partial charge in [0, 0.05) is 38.0 Å². The van der Waals surface area contributed by atoms with Crippen molar-refractivity contribution >= 4 is 21.9 Å². The second kappa shape index (κ2) is 7.97. The van der Waals surface area contributed by atoms with E-state index < -0.39 is 21.7 Å². The highest BCUT2D eigenvalue weighted by Gasteiger charge is 2.22. The summed E-state index contributed by atoms with van der Waals surface area (Å²) in [6.45, 7) is 1.63. The van der Waals surface area contributed by atoms with Gasteiger partial charge < -0.3 is 19.6 Å². The minimum atomic E-state index is -3.47. The second-order valence-electron chi connectivity index (χ2n) is 6.29. The molecular weight excluding hydrogens is 391 g/mol. The minimum absolute atomic E-state index is 0.0931. The number of ether oxygens (including phenoxy) is 1. The highest BCUT2D eigenvalue weighted by Crippen LogP contribution is 2.18. The summed E-state index contributed by atoms with van der Waals surface area (Å²) in [7, 11) is -3.47. The zero-order valence-corrected chi connectivity index (χ0v) is 15.9. The summed E-state index contributed by atoms with van der Waals surface area (Å²) in [5, 5.41) is 8.96. The summed E-state index contributed by atoms with van der Waals surface area (Å²) < 4.78 is 42.4. The van der Waals surface area contributed by atoms with Gasteiger partial charge in [-0.15, -0.1) is 0 Å². The Bertz CT molecular complexity index is 960. The zero-order chi connectivity index (χ0) is 20.3. The van der Waals surface area contributed by atoms with Crippen molar-refractivity contribution in [2.24, 2.45) is 0 Å². The highest BCUT2D eigenvalue weighted by atomic mass is 32.2. The number of nitrogens with zero attached hydrogens (tertiary/aromatic N) is 4. The Morgan fingerprint density at radius 1 is 1.21 bits per heavy atom. The van der Waals surface area contributed by atoms with E-state index in [-0.39, 0.29) is 17.1 Å². The Balaban J connectivity index is 1.59. The molecule has 9 nitrogen and oxygen atoms in total. The topological polar surface area (TPSA) is 113 Å². The predicted octanol–water partition coefficient (Wildman–Crippen LogP) is 1.40. The van der Waals surface area contributed by atoms with Gasteiger partial charge in [0.15, 0.2) is 15.6 Å². The van der Waals surface area contributed by atoms with Crippen molar-refractivity contribution in [2.75, 3.05) is 37.3 Å². The first-order valence-corrected chi connectivity index (χ1v) is 10.3. The Kier molecular flexibility index (Phi) is 5.63. The molecule has 0 spiro atoms. The molecule has 2 heterocycles. The largest absolute Gasteiger partial charge is 0.486 e. The summed E-state index contributed by atoms with van der Waals surface area (Å²) in [5.41, 5.74) is 0.210. The number of carboxylic acid groups (broad SMARTS) is 1. The number of piperazine rings is 1. The average Bonchev–Trinajstić information content (AvgIpc) is 2.67. The number of sulfone groups is 1. The number of hydrogen-bond donors (Lipinski definition) is 1. The van der Waals surface area contributed by atoms with Crippen LogP contribution in [0.3, 0.4) is 0 Å². The van der Waals surface area contributed by atoms with E-state index in [0.29, 0.717) is 37.9 Å². The Morgan fingerprint density at radius 3 is 2.39 bits per heavy atom. The van der Waals surface area contributed by atoms with Gasteiger partial charge in [0.2, 0.25) is 5.95 Å². The van der Waals surface area contributed by atoms with Crippen LogP contribution in [0.25, 0.3) is 0 Å². The molecule has 3 rings (SSSR count). The van der Waals surface area contributed by atoms with Crippen molar-refractivity contribution in [3.8, 4) is 5.75 Å². The number of anilines is 1. The molecule has 1 aliphatic heterocycles. The molecule has 0 radical (unpaired) electrons. The lowest BCUT2D eigenvalue weighted by Gasteiger charge is -2.32. The van der Waals surface area contributed by atoms with Crippen LogP contribution < -0.4 is 9.64 Å². The summed E-state index contributed by atoms with van der Waals surface area (Å²) in [5.74, 6) is 0.123. The number of carbonyl (C=O) groups is 1. The van der Waals surface area contributed by atoms with E-state index in [1.165, 1.54) is 29.4 Å². The van der Waals surface area contributed by atoms with Crippen LogP contribution in [0.1, 0.15) is 5.56 Å². The molecule has 1 saturated heterocycles. The van der Waals surface area contributed by atoms with Crippen LogP contribution >= 0.6 is 0 Å². The smallest absolute Gasteiger partial charge is 0.407 e. The molecule has 1 aromatic carbocycles. The molecule has 150 valence electrons. The van der Waals surface area contributed by atoms with Gasteiger partial charge in [0.1, 0.15) is 12.4 Å². The fourth-order valence-corrected chi connectivity index (χ4v) is 3.31. The molecule has 1 amide bonds. The molecule has 0 atom stereocenters. The van der Waals surface area contributed by atoms with Crippen molar-refractivity contribution in [1.82, 2.24) is 14.9 Å². The third kappa shape index (κ3) is 4.66. The third-order valence-electron chi connectivity index (χ3n) is 4.29. The number of amides is 1. The normalized spacial score (nSPS) is 14.8. The number of halogens is 1. The maximum absolute atomic E-state index is 14.1. The Labute approximate surface area is 161 Å². The standard InChI is InChI=1S/C17H19FN4O5S/c1-28(25,26)14-3-2-12(15(18)8-14)11-27-13-9-19-16(20-10-13)21-4-6-22(7-5-21)17(23)24/h2-3,8-10H,4-7,11H2,1H3,(H,23,24). The van der Waals surface area contributed by atoms with Gasteiger partial charge in [0.05, 0.1) is 17.3 Å². The van der Waals surface area contributed by atoms with Gasteiger partial charge in [-0.25, -0.2) is 27.6 Å². The summed E-state index contributed by atoms with van der Waals surface area (Å²) in [6.07, 6.45) is 2.97. The SMILES string of the molecule is CS(=O)(=O)c1ccc(COc2cnc(N3CCN(C(=O)O)CC3)nc2)c(F)c1. The minimum Gasteiger partial charge on any atom is -0.486 e. The van der Waals surface area contributed by atoms with E-state index in [1.807, 2.05) is 4.90 Å². The van der Waals surface area contributed by atoms with Crippen LogP contribution in [0.5, 0.6) is 5.75 Å². The van der Waals surface area contributed by atoms with Crippen molar-refractivity contribution in [3.05, 3.63) is 42.0 Å². The van der Waals surface area contributed by atoms with Crippen LogP contribution in [0.15, 0.2) is 35.5 Å². The number of rotatable bonds is 5. The van der Waals surface area contributed by atoms with Crippen molar-refractivity contribution in [2.45, 2.75) is 11.5 Å². The van der Waals surface area contributed by atoms with E-state index in [9.17, 15) is 17.6 Å². The predicted molar refractivity (Wildman–Crippen MR) is 97.7 cm³/mol. The van der Waals surface area contributed by atoms with Crippen LogP contribution in [-0.4, -0.2) is 66.9 Å². The maximum Gasteiger partial charge on any atom is 0.407 e. The van der Waals surface area contributed by atoms with Crippen LogP contribution in [0, 0.1) is 5.82 Å². The summed E-state index contributed by atoms with van der Waals surface area (Å²) in [6, 6.07) is 3.65. The second-order valence-corrected chi connectivity index (χ2v) is 8.31.